The van der Waals surface area contributed by atoms with Gasteiger partial charge in [-0.1, -0.05) is 6.92 Å². The number of piperidine rings is 1. The molecule has 1 aliphatic rings. The lowest BCUT2D eigenvalue weighted by molar-refractivity contribution is 0.0429. The monoisotopic (exact) mass is 390 g/mol. The maximum atomic E-state index is 13.8. The molecule has 0 bridgehead atoms. The van der Waals surface area contributed by atoms with Crippen molar-refractivity contribution >= 4 is 12.0 Å². The summed E-state index contributed by atoms with van der Waals surface area (Å²) in [7, 11) is 0. The van der Waals surface area contributed by atoms with Crippen molar-refractivity contribution in [1.29, 1.82) is 0 Å². The van der Waals surface area contributed by atoms with Gasteiger partial charge in [0.1, 0.15) is 11.2 Å². The molecular formula is C18H22F4N2O3. The fraction of sp³-hybridized carbons (Fsp3) is 0.556. The molecule has 5 nitrogen and oxygen atoms in total. The minimum Gasteiger partial charge on any atom is -0.444 e. The maximum absolute atomic E-state index is 13.8. The number of carbonyl (C=O) groups is 2. The van der Waals surface area contributed by atoms with E-state index in [4.69, 9.17) is 4.74 Å². The number of halogens is 4. The Morgan fingerprint density at radius 3 is 2.19 bits per heavy atom. The lowest BCUT2D eigenvalue weighted by atomic mass is 9.93. The normalized spacial score (nSPS) is 20.4. The summed E-state index contributed by atoms with van der Waals surface area (Å²) in [4.78, 5) is 25.4. The molecule has 1 saturated heterocycles. The van der Waals surface area contributed by atoms with E-state index in [-0.39, 0.29) is 31.1 Å². The fourth-order valence-corrected chi connectivity index (χ4v) is 2.92. The number of hydrogen-bond donors (Lipinski definition) is 1. The Morgan fingerprint density at radius 2 is 1.70 bits per heavy atom. The molecule has 27 heavy (non-hydrogen) atoms. The molecule has 0 radical (unpaired) electrons. The Kier molecular flexibility index (Phi) is 6.01. The summed E-state index contributed by atoms with van der Waals surface area (Å²) in [5.41, 5.74) is -1.92. The number of hydrogen-bond acceptors (Lipinski definition) is 3. The molecule has 0 aromatic heterocycles. The topological polar surface area (TPSA) is 58.6 Å². The quantitative estimate of drug-likeness (QED) is 0.620. The van der Waals surface area contributed by atoms with Gasteiger partial charge in [0, 0.05) is 25.2 Å². The molecule has 0 aliphatic carbocycles. The van der Waals surface area contributed by atoms with Crippen LogP contribution in [0.4, 0.5) is 22.4 Å². The standard InChI is InChI=1S/C18H22F4N2O3/c1-9-8-24(6-5-12(9)23-17(26)27-18(2,3)4)16(25)13-14(21)10(19)7-11(20)15(13)22/h7,9,12H,5-6,8H2,1-4H3,(H,23,26). The van der Waals surface area contributed by atoms with Gasteiger partial charge in [-0.15, -0.1) is 0 Å². The first-order chi connectivity index (χ1) is 12.4. The average Bonchev–Trinajstić information content (AvgIpc) is 2.53. The summed E-state index contributed by atoms with van der Waals surface area (Å²) in [6.07, 6.45) is -0.309. The minimum atomic E-state index is -1.72. The highest BCUT2D eigenvalue weighted by Crippen LogP contribution is 2.24. The lowest BCUT2D eigenvalue weighted by Crippen LogP contribution is -2.52. The van der Waals surface area contributed by atoms with Crippen molar-refractivity contribution in [3.63, 3.8) is 0 Å². The second kappa shape index (κ2) is 7.74. The molecule has 0 saturated carbocycles. The van der Waals surface area contributed by atoms with Gasteiger partial charge >= 0.3 is 6.09 Å². The van der Waals surface area contributed by atoms with Crippen LogP contribution in [0, 0.1) is 29.2 Å². The third-order valence-corrected chi connectivity index (χ3v) is 4.22. The molecule has 2 atom stereocenters. The molecule has 1 fully saturated rings. The Bertz CT molecular complexity index is 723. The molecule has 1 aromatic carbocycles. The molecule has 1 aromatic rings. The second-order valence-electron chi connectivity index (χ2n) is 7.61. The molecule has 2 rings (SSSR count). The zero-order chi connectivity index (χ0) is 20.5. The third-order valence-electron chi connectivity index (χ3n) is 4.22. The summed E-state index contributed by atoms with van der Waals surface area (Å²) < 4.78 is 59.6. The molecule has 2 amide bonds. The predicted octanol–water partition coefficient (Wildman–Crippen LogP) is 3.62. The molecule has 0 spiro atoms. The summed E-state index contributed by atoms with van der Waals surface area (Å²) in [6.45, 7) is 7.01. The van der Waals surface area contributed by atoms with Crippen LogP contribution in [0.2, 0.25) is 0 Å². The average molecular weight is 390 g/mol. The zero-order valence-electron chi connectivity index (χ0n) is 15.5. The first-order valence-corrected chi connectivity index (χ1v) is 8.52. The second-order valence-corrected chi connectivity index (χ2v) is 7.61. The van der Waals surface area contributed by atoms with Crippen LogP contribution in [0.15, 0.2) is 6.07 Å². The van der Waals surface area contributed by atoms with Gasteiger partial charge in [-0.3, -0.25) is 4.79 Å². The Hall–Kier alpha value is -2.32. The van der Waals surface area contributed by atoms with E-state index in [2.05, 4.69) is 5.32 Å². The summed E-state index contributed by atoms with van der Waals surface area (Å²) in [5, 5.41) is 2.70. The van der Waals surface area contributed by atoms with Crippen molar-refractivity contribution in [2.75, 3.05) is 13.1 Å². The van der Waals surface area contributed by atoms with Crippen molar-refractivity contribution in [2.24, 2.45) is 5.92 Å². The highest BCUT2D eigenvalue weighted by molar-refractivity contribution is 5.95. The van der Waals surface area contributed by atoms with Crippen molar-refractivity contribution in [1.82, 2.24) is 10.2 Å². The number of benzene rings is 1. The van der Waals surface area contributed by atoms with Crippen LogP contribution in [-0.2, 0) is 4.74 Å². The molecule has 1 N–H and O–H groups in total. The number of rotatable bonds is 2. The largest absolute Gasteiger partial charge is 0.444 e. The fourth-order valence-electron chi connectivity index (χ4n) is 2.92. The summed E-state index contributed by atoms with van der Waals surface area (Å²) >= 11 is 0. The minimum absolute atomic E-state index is 0.0519. The van der Waals surface area contributed by atoms with Crippen LogP contribution >= 0.6 is 0 Å². The highest BCUT2D eigenvalue weighted by atomic mass is 19.2. The van der Waals surface area contributed by atoms with Gasteiger partial charge in [0.25, 0.3) is 5.91 Å². The molecule has 9 heteroatoms. The van der Waals surface area contributed by atoms with Gasteiger partial charge in [0.2, 0.25) is 0 Å². The van der Waals surface area contributed by atoms with E-state index >= 15 is 0 Å². The van der Waals surface area contributed by atoms with Gasteiger partial charge in [0.15, 0.2) is 23.3 Å². The Balaban J connectivity index is 2.08. The number of nitrogens with one attached hydrogen (secondary N) is 1. The van der Waals surface area contributed by atoms with E-state index < -0.39 is 46.4 Å². The molecular weight excluding hydrogens is 368 g/mol. The van der Waals surface area contributed by atoms with Crippen molar-refractivity contribution in [3.8, 4) is 0 Å². The van der Waals surface area contributed by atoms with E-state index in [1.165, 1.54) is 0 Å². The van der Waals surface area contributed by atoms with E-state index in [1.807, 2.05) is 0 Å². The number of alkyl carbamates (subject to hydrolysis) is 1. The number of nitrogens with zero attached hydrogens (tertiary/aromatic N) is 1. The Labute approximate surface area is 154 Å². The van der Waals surface area contributed by atoms with Gasteiger partial charge in [-0.2, -0.15) is 0 Å². The first kappa shape index (κ1) is 21.0. The highest BCUT2D eigenvalue weighted by Gasteiger charge is 2.34. The predicted molar refractivity (Wildman–Crippen MR) is 89.1 cm³/mol. The first-order valence-electron chi connectivity index (χ1n) is 8.52. The van der Waals surface area contributed by atoms with Crippen LogP contribution < -0.4 is 5.32 Å². The number of ether oxygens (including phenoxy) is 1. The van der Waals surface area contributed by atoms with Gasteiger partial charge in [-0.25, -0.2) is 22.4 Å². The number of likely N-dealkylation sites (tertiary alicyclic amines) is 1. The van der Waals surface area contributed by atoms with Crippen molar-refractivity contribution in [3.05, 3.63) is 34.9 Å². The number of carbonyl (C=O) groups excluding carboxylic acids is 2. The van der Waals surface area contributed by atoms with E-state index in [0.29, 0.717) is 6.42 Å². The van der Waals surface area contributed by atoms with Gasteiger partial charge in [0.05, 0.1) is 0 Å². The summed E-state index contributed by atoms with van der Waals surface area (Å²) in [6, 6.07) is -0.260. The van der Waals surface area contributed by atoms with Crippen LogP contribution in [0.5, 0.6) is 0 Å². The zero-order valence-corrected chi connectivity index (χ0v) is 15.5. The van der Waals surface area contributed by atoms with Crippen LogP contribution in [0.1, 0.15) is 44.5 Å². The van der Waals surface area contributed by atoms with Crippen molar-refractivity contribution < 1.29 is 31.9 Å². The molecule has 1 heterocycles. The SMILES string of the molecule is CC1CN(C(=O)c2c(F)c(F)cc(F)c2F)CCC1NC(=O)OC(C)(C)C. The molecule has 2 unspecified atom stereocenters. The molecule has 1 aliphatic heterocycles. The van der Waals surface area contributed by atoms with Crippen LogP contribution in [-0.4, -0.2) is 41.6 Å². The van der Waals surface area contributed by atoms with E-state index in [1.54, 1.807) is 27.7 Å². The number of amides is 2. The maximum Gasteiger partial charge on any atom is 0.407 e. The smallest absolute Gasteiger partial charge is 0.407 e. The van der Waals surface area contributed by atoms with E-state index in [9.17, 15) is 27.2 Å². The Morgan fingerprint density at radius 1 is 1.15 bits per heavy atom. The molecule has 150 valence electrons. The van der Waals surface area contributed by atoms with Crippen LogP contribution in [0.25, 0.3) is 0 Å². The van der Waals surface area contributed by atoms with E-state index in [0.717, 1.165) is 4.90 Å². The van der Waals surface area contributed by atoms with Crippen molar-refractivity contribution in [2.45, 2.75) is 45.8 Å². The van der Waals surface area contributed by atoms with Crippen LogP contribution in [0.3, 0.4) is 0 Å². The van der Waals surface area contributed by atoms with Gasteiger partial charge in [-0.05, 0) is 33.1 Å². The third kappa shape index (κ3) is 4.90. The van der Waals surface area contributed by atoms with Gasteiger partial charge < -0.3 is 15.0 Å². The lowest BCUT2D eigenvalue weighted by Gasteiger charge is -2.37. The summed E-state index contributed by atoms with van der Waals surface area (Å²) in [5.74, 6) is -8.11.